The normalized spacial score (nSPS) is 16.6. The second-order valence-electron chi connectivity index (χ2n) is 4.16. The van der Waals surface area contributed by atoms with Crippen LogP contribution in [-0.4, -0.2) is 12.6 Å². The highest BCUT2D eigenvalue weighted by Gasteiger charge is 2.28. The molecule has 4 heteroatoms. The van der Waals surface area contributed by atoms with Crippen LogP contribution in [0.1, 0.15) is 18.4 Å². The first-order valence-corrected chi connectivity index (χ1v) is 5.78. The number of benzene rings is 1. The monoisotopic (exact) mass is 235 g/mol. The molecular formula is C12H14ClN3. The Bertz CT molecular complexity index is 421. The van der Waals surface area contributed by atoms with E-state index < -0.39 is 0 Å². The number of nitrogens with zero attached hydrogens (tertiary/aromatic N) is 1. The topological polar surface area (TPSA) is 61.8 Å². The second kappa shape index (κ2) is 4.73. The van der Waals surface area contributed by atoms with E-state index in [0.29, 0.717) is 23.0 Å². The Morgan fingerprint density at radius 3 is 2.94 bits per heavy atom. The molecule has 3 nitrogen and oxygen atoms in total. The second-order valence-corrected chi connectivity index (χ2v) is 4.56. The molecular weight excluding hydrogens is 222 g/mol. The van der Waals surface area contributed by atoms with Crippen LogP contribution in [-0.2, 0) is 0 Å². The summed E-state index contributed by atoms with van der Waals surface area (Å²) in [5.74, 6) is 0.650. The van der Waals surface area contributed by atoms with Crippen molar-refractivity contribution in [3.8, 4) is 6.07 Å². The Morgan fingerprint density at radius 2 is 2.31 bits per heavy atom. The van der Waals surface area contributed by atoms with Crippen LogP contribution in [0.5, 0.6) is 0 Å². The summed E-state index contributed by atoms with van der Waals surface area (Å²) in [7, 11) is 0. The standard InChI is InChI=1S/C12H14ClN3/c13-10-2-1-3-12(9(10)6-14)16-7-11(15)8-4-5-8/h1-3,8,11,16H,4-5,7,15H2. The summed E-state index contributed by atoms with van der Waals surface area (Å²) in [5, 5.41) is 12.7. The lowest BCUT2D eigenvalue weighted by Gasteiger charge is -2.13. The summed E-state index contributed by atoms with van der Waals surface area (Å²) < 4.78 is 0. The molecule has 1 atom stereocenters. The lowest BCUT2D eigenvalue weighted by molar-refractivity contribution is 0.621. The Labute approximate surface area is 100 Å². The highest BCUT2D eigenvalue weighted by Crippen LogP contribution is 2.32. The summed E-state index contributed by atoms with van der Waals surface area (Å²) in [4.78, 5) is 0. The van der Waals surface area contributed by atoms with Gasteiger partial charge in [-0.1, -0.05) is 17.7 Å². The average molecular weight is 236 g/mol. The van der Waals surface area contributed by atoms with E-state index in [2.05, 4.69) is 11.4 Å². The first-order chi connectivity index (χ1) is 7.72. The predicted octanol–water partition coefficient (Wildman–Crippen LogP) is 2.36. The molecule has 1 aliphatic rings. The van der Waals surface area contributed by atoms with Gasteiger partial charge in [-0.15, -0.1) is 0 Å². The molecule has 1 saturated carbocycles. The van der Waals surface area contributed by atoms with Crippen LogP contribution in [0.15, 0.2) is 18.2 Å². The summed E-state index contributed by atoms with van der Waals surface area (Å²) in [5.41, 5.74) is 7.24. The van der Waals surface area contributed by atoms with Crippen molar-refractivity contribution < 1.29 is 0 Å². The largest absolute Gasteiger partial charge is 0.382 e. The van der Waals surface area contributed by atoms with E-state index in [9.17, 15) is 0 Å². The molecule has 0 aliphatic heterocycles. The van der Waals surface area contributed by atoms with Gasteiger partial charge in [0.1, 0.15) is 6.07 Å². The van der Waals surface area contributed by atoms with Gasteiger partial charge in [0.05, 0.1) is 16.3 Å². The summed E-state index contributed by atoms with van der Waals surface area (Å²) in [6.45, 7) is 0.694. The van der Waals surface area contributed by atoms with Crippen molar-refractivity contribution in [2.24, 2.45) is 11.7 Å². The number of rotatable bonds is 4. The molecule has 84 valence electrons. The molecule has 0 bridgehead atoms. The molecule has 2 rings (SSSR count). The molecule has 1 fully saturated rings. The Hall–Kier alpha value is -1.24. The predicted molar refractivity (Wildman–Crippen MR) is 65.4 cm³/mol. The van der Waals surface area contributed by atoms with Crippen LogP contribution in [0.3, 0.4) is 0 Å². The van der Waals surface area contributed by atoms with Gasteiger partial charge in [-0.2, -0.15) is 5.26 Å². The third-order valence-corrected chi connectivity index (χ3v) is 3.20. The van der Waals surface area contributed by atoms with Crippen molar-refractivity contribution in [3.63, 3.8) is 0 Å². The van der Waals surface area contributed by atoms with Gasteiger partial charge in [0.25, 0.3) is 0 Å². The molecule has 3 N–H and O–H groups in total. The van der Waals surface area contributed by atoms with Crippen molar-refractivity contribution in [3.05, 3.63) is 28.8 Å². The van der Waals surface area contributed by atoms with E-state index in [4.69, 9.17) is 22.6 Å². The highest BCUT2D eigenvalue weighted by atomic mass is 35.5. The van der Waals surface area contributed by atoms with E-state index in [-0.39, 0.29) is 6.04 Å². The minimum absolute atomic E-state index is 0.172. The van der Waals surface area contributed by atoms with Crippen LogP contribution < -0.4 is 11.1 Å². The van der Waals surface area contributed by atoms with Gasteiger partial charge in [0.15, 0.2) is 0 Å². The van der Waals surface area contributed by atoms with Crippen molar-refractivity contribution >= 4 is 17.3 Å². The van der Waals surface area contributed by atoms with Crippen molar-refractivity contribution in [1.29, 1.82) is 5.26 Å². The molecule has 0 radical (unpaired) electrons. The van der Waals surface area contributed by atoms with Crippen LogP contribution >= 0.6 is 11.6 Å². The maximum absolute atomic E-state index is 8.98. The summed E-state index contributed by atoms with van der Waals surface area (Å²) in [6, 6.07) is 7.66. The van der Waals surface area contributed by atoms with Crippen LogP contribution in [0.4, 0.5) is 5.69 Å². The Kier molecular flexibility index (Phi) is 3.33. The molecule has 1 unspecified atom stereocenters. The fourth-order valence-corrected chi connectivity index (χ4v) is 1.92. The van der Waals surface area contributed by atoms with E-state index in [1.165, 1.54) is 12.8 Å². The third kappa shape index (κ3) is 2.46. The van der Waals surface area contributed by atoms with E-state index in [1.807, 2.05) is 12.1 Å². The van der Waals surface area contributed by atoms with Gasteiger partial charge in [0, 0.05) is 12.6 Å². The zero-order chi connectivity index (χ0) is 11.5. The van der Waals surface area contributed by atoms with Crippen molar-refractivity contribution in [2.45, 2.75) is 18.9 Å². The van der Waals surface area contributed by atoms with Gasteiger partial charge < -0.3 is 11.1 Å². The van der Waals surface area contributed by atoms with Crippen LogP contribution in [0.2, 0.25) is 5.02 Å². The first-order valence-electron chi connectivity index (χ1n) is 5.40. The first kappa shape index (κ1) is 11.3. The number of anilines is 1. The number of nitrogens with two attached hydrogens (primary N) is 1. The molecule has 0 saturated heterocycles. The smallest absolute Gasteiger partial charge is 0.103 e. The molecule has 1 aromatic carbocycles. The molecule has 16 heavy (non-hydrogen) atoms. The lowest BCUT2D eigenvalue weighted by Crippen LogP contribution is -2.31. The quantitative estimate of drug-likeness (QED) is 0.842. The van der Waals surface area contributed by atoms with Gasteiger partial charge in [-0.3, -0.25) is 0 Å². The lowest BCUT2D eigenvalue weighted by atomic mass is 10.1. The molecule has 0 amide bonds. The van der Waals surface area contributed by atoms with E-state index >= 15 is 0 Å². The molecule has 0 heterocycles. The molecule has 0 aromatic heterocycles. The fraction of sp³-hybridized carbons (Fsp3) is 0.417. The van der Waals surface area contributed by atoms with Gasteiger partial charge in [0.2, 0.25) is 0 Å². The van der Waals surface area contributed by atoms with Crippen LogP contribution in [0.25, 0.3) is 0 Å². The van der Waals surface area contributed by atoms with Gasteiger partial charge in [-0.25, -0.2) is 0 Å². The SMILES string of the molecule is N#Cc1c(Cl)cccc1NCC(N)C1CC1. The van der Waals surface area contributed by atoms with Crippen molar-refractivity contribution in [2.75, 3.05) is 11.9 Å². The minimum Gasteiger partial charge on any atom is -0.382 e. The Balaban J connectivity index is 2.03. The third-order valence-electron chi connectivity index (χ3n) is 2.88. The minimum atomic E-state index is 0.172. The van der Waals surface area contributed by atoms with E-state index in [1.54, 1.807) is 6.07 Å². The molecule has 1 aromatic rings. The maximum atomic E-state index is 8.98. The number of nitrogens with one attached hydrogen (secondary N) is 1. The van der Waals surface area contributed by atoms with E-state index in [0.717, 1.165) is 5.69 Å². The fourth-order valence-electron chi connectivity index (χ4n) is 1.70. The average Bonchev–Trinajstić information content (AvgIpc) is 3.09. The molecule has 1 aliphatic carbocycles. The number of nitriles is 1. The zero-order valence-electron chi connectivity index (χ0n) is 8.91. The van der Waals surface area contributed by atoms with Gasteiger partial charge >= 0.3 is 0 Å². The van der Waals surface area contributed by atoms with Crippen molar-refractivity contribution in [1.82, 2.24) is 0 Å². The van der Waals surface area contributed by atoms with Gasteiger partial charge in [-0.05, 0) is 30.9 Å². The molecule has 0 spiro atoms. The summed E-state index contributed by atoms with van der Waals surface area (Å²) in [6.07, 6.45) is 2.45. The Morgan fingerprint density at radius 1 is 1.56 bits per heavy atom. The maximum Gasteiger partial charge on any atom is 0.103 e. The summed E-state index contributed by atoms with van der Waals surface area (Å²) >= 11 is 5.93. The van der Waals surface area contributed by atoms with Crippen LogP contribution in [0, 0.1) is 17.2 Å². The zero-order valence-corrected chi connectivity index (χ0v) is 9.67. The number of halogens is 1. The number of hydrogen-bond acceptors (Lipinski definition) is 3. The highest BCUT2D eigenvalue weighted by molar-refractivity contribution is 6.32. The number of hydrogen-bond donors (Lipinski definition) is 2.